The minimum atomic E-state index is -0.903. The molecule has 0 fully saturated rings. The van der Waals surface area contributed by atoms with Crippen LogP contribution in [0.2, 0.25) is 0 Å². The Morgan fingerprint density at radius 1 is 1.25 bits per heavy atom. The van der Waals surface area contributed by atoms with Crippen LogP contribution in [-0.4, -0.2) is 53.7 Å². The summed E-state index contributed by atoms with van der Waals surface area (Å²) in [4.78, 5) is 21.4. The highest BCUT2D eigenvalue weighted by molar-refractivity contribution is 5.72. The third-order valence-electron chi connectivity index (χ3n) is 1.69. The summed E-state index contributed by atoms with van der Waals surface area (Å²) in [5.41, 5.74) is 5.32. The zero-order chi connectivity index (χ0) is 13.1. The Morgan fingerprint density at radius 2 is 1.69 bits per heavy atom. The second kappa shape index (κ2) is 10.4. The van der Waals surface area contributed by atoms with Gasteiger partial charge in [0, 0.05) is 6.92 Å². The number of rotatable bonds is 6. The molecule has 4 N–H and O–H groups in total. The van der Waals surface area contributed by atoms with Gasteiger partial charge in [-0.3, -0.25) is 9.59 Å². The molecule has 0 aliphatic rings. The molecule has 0 amide bonds. The normalized spacial score (nSPS) is 11.6. The summed E-state index contributed by atoms with van der Waals surface area (Å²) >= 11 is 0. The third kappa shape index (κ3) is 18.6. The Balaban J connectivity index is 0. The van der Waals surface area contributed by atoms with Gasteiger partial charge in [-0.1, -0.05) is 6.42 Å². The SMILES string of the molecule is CC(=O)O.CN(C)CCCC[C@H](N)C(=O)O. The van der Waals surface area contributed by atoms with Gasteiger partial charge < -0.3 is 20.8 Å². The van der Waals surface area contributed by atoms with E-state index in [1.807, 2.05) is 14.1 Å². The minimum absolute atomic E-state index is 0.573. The Hall–Kier alpha value is -1.14. The average molecular weight is 234 g/mol. The first-order valence-corrected chi connectivity index (χ1v) is 5.10. The van der Waals surface area contributed by atoms with Crippen LogP contribution in [0.4, 0.5) is 0 Å². The number of hydrogen-bond donors (Lipinski definition) is 3. The van der Waals surface area contributed by atoms with Crippen LogP contribution < -0.4 is 5.73 Å². The Labute approximate surface area is 96.0 Å². The second-order valence-electron chi connectivity index (χ2n) is 3.76. The van der Waals surface area contributed by atoms with Crippen LogP contribution in [0.5, 0.6) is 0 Å². The molecular weight excluding hydrogens is 212 g/mol. The van der Waals surface area contributed by atoms with Gasteiger partial charge >= 0.3 is 5.97 Å². The summed E-state index contributed by atoms with van der Waals surface area (Å²) in [6, 6.07) is -0.688. The zero-order valence-corrected chi connectivity index (χ0v) is 10.1. The Kier molecular flexibility index (Phi) is 11.2. The standard InChI is InChI=1S/C8H18N2O2.C2H4O2/c1-10(2)6-4-3-5-7(9)8(11)12;1-2(3)4/h7H,3-6,9H2,1-2H3,(H,11,12);1H3,(H,3,4)/t7-;/m0./s1. The number of carboxylic acids is 2. The van der Waals surface area contributed by atoms with E-state index in [2.05, 4.69) is 4.90 Å². The van der Waals surface area contributed by atoms with E-state index in [0.717, 1.165) is 26.3 Å². The molecule has 0 rings (SSSR count). The lowest BCUT2D eigenvalue weighted by Crippen LogP contribution is -2.30. The van der Waals surface area contributed by atoms with Gasteiger partial charge in [-0.25, -0.2) is 0 Å². The summed E-state index contributed by atoms with van der Waals surface area (Å²) in [7, 11) is 3.99. The summed E-state index contributed by atoms with van der Waals surface area (Å²) in [6.07, 6.45) is 2.46. The van der Waals surface area contributed by atoms with E-state index in [0.29, 0.717) is 6.42 Å². The van der Waals surface area contributed by atoms with Gasteiger partial charge in [-0.15, -0.1) is 0 Å². The zero-order valence-electron chi connectivity index (χ0n) is 10.1. The number of nitrogens with two attached hydrogens (primary N) is 1. The predicted molar refractivity (Wildman–Crippen MR) is 61.3 cm³/mol. The number of aliphatic carboxylic acids is 2. The van der Waals surface area contributed by atoms with Crippen LogP contribution in [0, 0.1) is 0 Å². The summed E-state index contributed by atoms with van der Waals surface area (Å²) < 4.78 is 0. The van der Waals surface area contributed by atoms with Crippen molar-refractivity contribution in [3.63, 3.8) is 0 Å². The van der Waals surface area contributed by atoms with Gasteiger partial charge in [0.15, 0.2) is 0 Å². The summed E-state index contributed by atoms with van der Waals surface area (Å²) in [6.45, 7) is 2.08. The van der Waals surface area contributed by atoms with E-state index < -0.39 is 18.0 Å². The third-order valence-corrected chi connectivity index (χ3v) is 1.69. The van der Waals surface area contributed by atoms with Gasteiger partial charge in [-0.2, -0.15) is 0 Å². The number of nitrogens with zero attached hydrogens (tertiary/aromatic N) is 1. The fraction of sp³-hybridized carbons (Fsp3) is 0.800. The molecule has 0 radical (unpaired) electrons. The number of carbonyl (C=O) groups is 2. The molecule has 0 aromatic heterocycles. The number of unbranched alkanes of at least 4 members (excludes halogenated alkanes) is 1. The average Bonchev–Trinajstić information content (AvgIpc) is 2.10. The van der Waals surface area contributed by atoms with E-state index in [9.17, 15) is 4.79 Å². The van der Waals surface area contributed by atoms with Crippen molar-refractivity contribution in [2.24, 2.45) is 5.73 Å². The fourth-order valence-electron chi connectivity index (χ4n) is 0.916. The summed E-state index contributed by atoms with van der Waals surface area (Å²) in [5, 5.41) is 15.9. The first-order chi connectivity index (χ1) is 7.27. The van der Waals surface area contributed by atoms with Crippen molar-refractivity contribution >= 4 is 11.9 Å². The van der Waals surface area contributed by atoms with Crippen molar-refractivity contribution in [2.45, 2.75) is 32.2 Å². The topological polar surface area (TPSA) is 104 Å². The molecule has 0 saturated carbocycles. The molecular formula is C10H22N2O4. The number of carboxylic acid groups (broad SMARTS) is 2. The van der Waals surface area contributed by atoms with E-state index in [1.54, 1.807) is 0 Å². The van der Waals surface area contributed by atoms with Crippen molar-refractivity contribution in [2.75, 3.05) is 20.6 Å². The minimum Gasteiger partial charge on any atom is -0.481 e. The molecule has 0 aliphatic heterocycles. The monoisotopic (exact) mass is 234 g/mol. The molecule has 0 unspecified atom stereocenters. The molecule has 0 aliphatic carbocycles. The van der Waals surface area contributed by atoms with E-state index >= 15 is 0 Å². The van der Waals surface area contributed by atoms with Crippen LogP contribution in [-0.2, 0) is 9.59 Å². The van der Waals surface area contributed by atoms with Gasteiger partial charge in [-0.05, 0) is 33.5 Å². The predicted octanol–water partition coefficient (Wildman–Crippen LogP) is 0.221. The van der Waals surface area contributed by atoms with Crippen LogP contribution in [0.1, 0.15) is 26.2 Å². The molecule has 0 aromatic rings. The van der Waals surface area contributed by atoms with Crippen LogP contribution in [0.25, 0.3) is 0 Å². The van der Waals surface area contributed by atoms with Gasteiger partial charge in [0.05, 0.1) is 0 Å². The highest BCUT2D eigenvalue weighted by Crippen LogP contribution is 1.99. The number of hydrogen-bond acceptors (Lipinski definition) is 4. The van der Waals surface area contributed by atoms with Crippen molar-refractivity contribution in [3.05, 3.63) is 0 Å². The maximum Gasteiger partial charge on any atom is 0.320 e. The molecule has 0 saturated heterocycles. The molecule has 0 bridgehead atoms. The van der Waals surface area contributed by atoms with E-state index in [4.69, 9.17) is 20.7 Å². The lowest BCUT2D eigenvalue weighted by Gasteiger charge is -2.09. The Bertz CT molecular complexity index is 203. The van der Waals surface area contributed by atoms with Crippen molar-refractivity contribution in [1.29, 1.82) is 0 Å². The molecule has 0 heterocycles. The lowest BCUT2D eigenvalue weighted by atomic mass is 10.1. The quantitative estimate of drug-likeness (QED) is 0.568. The smallest absolute Gasteiger partial charge is 0.320 e. The van der Waals surface area contributed by atoms with Crippen molar-refractivity contribution in [3.8, 4) is 0 Å². The molecule has 0 aromatic carbocycles. The molecule has 6 nitrogen and oxygen atoms in total. The largest absolute Gasteiger partial charge is 0.481 e. The maximum absolute atomic E-state index is 10.3. The first kappa shape index (κ1) is 17.3. The highest BCUT2D eigenvalue weighted by atomic mass is 16.4. The first-order valence-electron chi connectivity index (χ1n) is 5.10. The van der Waals surface area contributed by atoms with Crippen molar-refractivity contribution < 1.29 is 19.8 Å². The van der Waals surface area contributed by atoms with Gasteiger partial charge in [0.1, 0.15) is 6.04 Å². The molecule has 1 atom stereocenters. The van der Waals surface area contributed by atoms with Crippen LogP contribution >= 0.6 is 0 Å². The maximum atomic E-state index is 10.3. The fourth-order valence-corrected chi connectivity index (χ4v) is 0.916. The lowest BCUT2D eigenvalue weighted by molar-refractivity contribution is -0.138. The molecule has 6 heteroatoms. The molecule has 0 spiro atoms. The second-order valence-corrected chi connectivity index (χ2v) is 3.76. The van der Waals surface area contributed by atoms with Gasteiger partial charge in [0.2, 0.25) is 0 Å². The van der Waals surface area contributed by atoms with Crippen LogP contribution in [0.15, 0.2) is 0 Å². The Morgan fingerprint density at radius 3 is 2.00 bits per heavy atom. The van der Waals surface area contributed by atoms with Crippen LogP contribution in [0.3, 0.4) is 0 Å². The molecule has 16 heavy (non-hydrogen) atoms. The van der Waals surface area contributed by atoms with E-state index in [-0.39, 0.29) is 0 Å². The van der Waals surface area contributed by atoms with E-state index in [1.165, 1.54) is 0 Å². The highest BCUT2D eigenvalue weighted by Gasteiger charge is 2.09. The van der Waals surface area contributed by atoms with Crippen molar-refractivity contribution in [1.82, 2.24) is 4.90 Å². The molecule has 96 valence electrons. The van der Waals surface area contributed by atoms with Gasteiger partial charge in [0.25, 0.3) is 5.97 Å². The summed E-state index contributed by atoms with van der Waals surface area (Å²) in [5.74, 6) is -1.74.